The first-order valence-electron chi connectivity index (χ1n) is 11.0. The molecule has 0 spiro atoms. The average Bonchev–Trinajstić information content (AvgIpc) is 3.49. The quantitative estimate of drug-likeness (QED) is 0.562. The molecule has 0 aliphatic carbocycles. The molecule has 166 valence electrons. The highest BCUT2D eigenvalue weighted by Gasteiger charge is 2.39. The first-order valence-corrected chi connectivity index (χ1v) is 11.0. The number of rotatable bonds is 5. The number of aromatic amines is 1. The summed E-state index contributed by atoms with van der Waals surface area (Å²) in [6.07, 6.45) is 5.89. The monoisotopic (exact) mass is 433 g/mol. The number of fused-ring (bicyclic) bond motifs is 1. The Bertz CT molecular complexity index is 1080. The van der Waals surface area contributed by atoms with Crippen LogP contribution in [-0.2, 0) is 4.79 Å². The lowest BCUT2D eigenvalue weighted by molar-refractivity contribution is -0.132. The van der Waals surface area contributed by atoms with Crippen LogP contribution < -0.4 is 10.6 Å². The van der Waals surface area contributed by atoms with E-state index >= 15 is 0 Å². The van der Waals surface area contributed by atoms with Gasteiger partial charge in [0.1, 0.15) is 5.75 Å². The van der Waals surface area contributed by atoms with E-state index in [2.05, 4.69) is 25.3 Å². The van der Waals surface area contributed by atoms with Crippen molar-refractivity contribution in [3.63, 3.8) is 0 Å². The maximum absolute atomic E-state index is 12.2. The van der Waals surface area contributed by atoms with Gasteiger partial charge in [0.05, 0.1) is 11.9 Å². The predicted molar refractivity (Wildman–Crippen MR) is 121 cm³/mol. The molecule has 4 heterocycles. The van der Waals surface area contributed by atoms with Gasteiger partial charge in [0.15, 0.2) is 5.82 Å². The van der Waals surface area contributed by atoms with E-state index in [-0.39, 0.29) is 11.7 Å². The van der Waals surface area contributed by atoms with Crippen molar-refractivity contribution >= 4 is 11.7 Å². The number of phenols is 1. The average molecular weight is 434 g/mol. The van der Waals surface area contributed by atoms with E-state index in [0.29, 0.717) is 36.2 Å². The number of anilines is 1. The summed E-state index contributed by atoms with van der Waals surface area (Å²) < 4.78 is 0. The Balaban J connectivity index is 1.29. The van der Waals surface area contributed by atoms with Crippen LogP contribution in [0.2, 0.25) is 0 Å². The van der Waals surface area contributed by atoms with E-state index in [1.54, 1.807) is 18.5 Å². The number of aromatic nitrogens is 4. The minimum absolute atomic E-state index is 0.154. The number of phenolic OH excluding ortho intramolecular Hbond substituents is 1. The van der Waals surface area contributed by atoms with Gasteiger partial charge in [-0.1, -0.05) is 6.07 Å². The Labute approximate surface area is 186 Å². The van der Waals surface area contributed by atoms with Crippen LogP contribution >= 0.6 is 0 Å². The number of aromatic hydroxyl groups is 1. The summed E-state index contributed by atoms with van der Waals surface area (Å²) in [7, 11) is 0. The number of hydrogen-bond acceptors (Lipinski definition) is 7. The van der Waals surface area contributed by atoms with E-state index in [4.69, 9.17) is 5.73 Å². The summed E-state index contributed by atoms with van der Waals surface area (Å²) >= 11 is 0. The van der Waals surface area contributed by atoms with E-state index in [9.17, 15) is 9.90 Å². The molecule has 2 unspecified atom stereocenters. The number of piperidine rings is 1. The third-order valence-corrected chi connectivity index (χ3v) is 6.60. The standard InChI is InChI=1S/C23H27N7O2/c24-8-5-23(32)29-9-7-20-16(14-29)6-10-30(20)22-4-3-19(27-28-22)18-2-1-15(11-21(18)31)17-12-25-26-13-17/h1-4,11-13,16,20,31H,5-10,14,24H2,(H,25,26). The van der Waals surface area contributed by atoms with Gasteiger partial charge in [-0.2, -0.15) is 5.10 Å². The number of nitrogens with one attached hydrogen (secondary N) is 1. The maximum atomic E-state index is 12.2. The van der Waals surface area contributed by atoms with E-state index < -0.39 is 0 Å². The first kappa shape index (κ1) is 20.4. The summed E-state index contributed by atoms with van der Waals surface area (Å²) in [6.45, 7) is 2.87. The van der Waals surface area contributed by atoms with Crippen LogP contribution in [0.3, 0.4) is 0 Å². The number of amides is 1. The number of benzene rings is 1. The van der Waals surface area contributed by atoms with Crippen molar-refractivity contribution in [3.05, 3.63) is 42.7 Å². The molecule has 9 heteroatoms. The van der Waals surface area contributed by atoms with E-state index in [1.807, 2.05) is 29.2 Å². The Morgan fingerprint density at radius 2 is 2.06 bits per heavy atom. The van der Waals surface area contributed by atoms with Crippen molar-refractivity contribution in [3.8, 4) is 28.1 Å². The lowest BCUT2D eigenvalue weighted by Gasteiger charge is -2.38. The van der Waals surface area contributed by atoms with Crippen molar-refractivity contribution < 1.29 is 9.90 Å². The molecule has 2 atom stereocenters. The number of carbonyl (C=O) groups excluding carboxylic acids is 1. The molecule has 2 aromatic heterocycles. The highest BCUT2D eigenvalue weighted by molar-refractivity contribution is 5.76. The second-order valence-electron chi connectivity index (χ2n) is 8.47. The maximum Gasteiger partial charge on any atom is 0.223 e. The van der Waals surface area contributed by atoms with Crippen molar-refractivity contribution in [1.82, 2.24) is 25.3 Å². The molecule has 32 heavy (non-hydrogen) atoms. The Morgan fingerprint density at radius 1 is 1.16 bits per heavy atom. The number of H-pyrrole nitrogens is 1. The third kappa shape index (κ3) is 3.80. The Hall–Kier alpha value is -3.46. The predicted octanol–water partition coefficient (Wildman–Crippen LogP) is 2.02. The van der Waals surface area contributed by atoms with Crippen molar-refractivity contribution in [1.29, 1.82) is 0 Å². The van der Waals surface area contributed by atoms with Crippen LogP contribution in [0.25, 0.3) is 22.4 Å². The largest absolute Gasteiger partial charge is 0.507 e. The van der Waals surface area contributed by atoms with E-state index in [1.165, 1.54) is 0 Å². The van der Waals surface area contributed by atoms with Gasteiger partial charge in [0.2, 0.25) is 5.91 Å². The van der Waals surface area contributed by atoms with Crippen molar-refractivity contribution in [2.45, 2.75) is 25.3 Å². The molecule has 4 N–H and O–H groups in total. The summed E-state index contributed by atoms with van der Waals surface area (Å²) in [5.41, 5.74) is 8.60. The SMILES string of the molecule is NCCC(=O)N1CCC2C(CCN2c2ccc(-c3ccc(-c4cn[nH]c4)cc3O)nn2)C1. The first-order chi connectivity index (χ1) is 15.6. The highest BCUT2D eigenvalue weighted by atomic mass is 16.3. The molecule has 1 aromatic carbocycles. The number of carbonyl (C=O) groups is 1. The summed E-state index contributed by atoms with van der Waals surface area (Å²) in [5.74, 6) is 1.61. The molecule has 9 nitrogen and oxygen atoms in total. The summed E-state index contributed by atoms with van der Waals surface area (Å²) in [4.78, 5) is 16.5. The van der Waals surface area contributed by atoms with Crippen LogP contribution in [0.15, 0.2) is 42.7 Å². The molecule has 2 saturated heterocycles. The van der Waals surface area contributed by atoms with Gasteiger partial charge in [-0.3, -0.25) is 9.89 Å². The lowest BCUT2D eigenvalue weighted by Crippen LogP contribution is -2.48. The van der Waals surface area contributed by atoms with Crippen LogP contribution in [0.5, 0.6) is 5.75 Å². The van der Waals surface area contributed by atoms with Gasteiger partial charge in [-0.15, -0.1) is 10.2 Å². The fourth-order valence-electron chi connectivity index (χ4n) is 4.94. The van der Waals surface area contributed by atoms with Gasteiger partial charge in [-0.25, -0.2) is 0 Å². The van der Waals surface area contributed by atoms with Gasteiger partial charge in [0.25, 0.3) is 0 Å². The second-order valence-corrected chi connectivity index (χ2v) is 8.47. The highest BCUT2D eigenvalue weighted by Crippen LogP contribution is 2.36. The molecule has 0 radical (unpaired) electrons. The van der Waals surface area contributed by atoms with Crippen molar-refractivity contribution in [2.24, 2.45) is 11.7 Å². The number of nitrogens with two attached hydrogens (primary N) is 1. The van der Waals surface area contributed by atoms with Crippen LogP contribution in [-0.4, -0.2) is 68.5 Å². The zero-order valence-corrected chi connectivity index (χ0v) is 17.8. The van der Waals surface area contributed by atoms with Gasteiger partial charge in [0, 0.05) is 56.0 Å². The van der Waals surface area contributed by atoms with E-state index in [0.717, 1.165) is 49.4 Å². The van der Waals surface area contributed by atoms with Crippen LogP contribution in [0, 0.1) is 5.92 Å². The molecule has 2 aliphatic rings. The second kappa shape index (κ2) is 8.58. The lowest BCUT2D eigenvalue weighted by atomic mass is 9.92. The smallest absolute Gasteiger partial charge is 0.223 e. The zero-order valence-electron chi connectivity index (χ0n) is 17.8. The van der Waals surface area contributed by atoms with Gasteiger partial charge in [-0.05, 0) is 48.6 Å². The van der Waals surface area contributed by atoms with Gasteiger partial charge < -0.3 is 20.6 Å². The number of hydrogen-bond donors (Lipinski definition) is 3. The fraction of sp³-hybridized carbons (Fsp3) is 0.391. The van der Waals surface area contributed by atoms with Gasteiger partial charge >= 0.3 is 0 Å². The zero-order chi connectivity index (χ0) is 22.1. The number of likely N-dealkylation sites (tertiary alicyclic amines) is 1. The molecule has 1 amide bonds. The molecular weight excluding hydrogens is 406 g/mol. The topological polar surface area (TPSA) is 124 Å². The third-order valence-electron chi connectivity index (χ3n) is 6.60. The number of nitrogens with zero attached hydrogens (tertiary/aromatic N) is 5. The summed E-state index contributed by atoms with van der Waals surface area (Å²) in [5, 5.41) is 26.1. The molecule has 2 aliphatic heterocycles. The summed E-state index contributed by atoms with van der Waals surface area (Å²) in [6, 6.07) is 9.74. The molecule has 3 aromatic rings. The minimum atomic E-state index is 0.154. The van der Waals surface area contributed by atoms with Crippen molar-refractivity contribution in [2.75, 3.05) is 31.1 Å². The molecule has 5 rings (SSSR count). The molecule has 0 bridgehead atoms. The van der Waals surface area contributed by atoms with Crippen LogP contribution in [0.1, 0.15) is 19.3 Å². The molecular formula is C23H27N7O2. The Kier molecular flexibility index (Phi) is 5.48. The fourth-order valence-corrected chi connectivity index (χ4v) is 4.94. The Morgan fingerprint density at radius 3 is 2.78 bits per heavy atom. The normalized spacial score (nSPS) is 20.4. The molecule has 2 fully saturated rings. The minimum Gasteiger partial charge on any atom is -0.507 e. The van der Waals surface area contributed by atoms with Crippen LogP contribution in [0.4, 0.5) is 5.82 Å². The molecule has 0 saturated carbocycles.